The lowest BCUT2D eigenvalue weighted by Crippen LogP contribution is -1.97. The van der Waals surface area contributed by atoms with Crippen LogP contribution in [0, 0.1) is 24.1 Å². The van der Waals surface area contributed by atoms with E-state index in [1.54, 1.807) is 30.3 Å². The van der Waals surface area contributed by atoms with Crippen LogP contribution in [-0.4, -0.2) is 0 Å². The van der Waals surface area contributed by atoms with Crippen LogP contribution >= 0.6 is 11.6 Å². The zero-order valence-corrected chi connectivity index (χ0v) is 10.4. The second-order valence-electron chi connectivity index (χ2n) is 3.88. The monoisotopic (exact) mass is 260 g/mol. The second-order valence-corrected chi connectivity index (χ2v) is 4.29. The number of aryl methyl sites for hydroxylation is 1. The summed E-state index contributed by atoms with van der Waals surface area (Å²) in [4.78, 5) is 0. The molecule has 0 aliphatic carbocycles. The molecule has 0 aromatic heterocycles. The first-order valence-electron chi connectivity index (χ1n) is 5.33. The molecule has 1 N–H and O–H groups in total. The summed E-state index contributed by atoms with van der Waals surface area (Å²) in [5, 5.41) is 12.3. The standard InChI is InChI=1S/C14H10ClFN2/c1-9-5-6-12(16)14(7-9)18-13-4-2-3-11(15)10(13)8-17/h2-7,18H,1H3. The molecule has 0 heterocycles. The Balaban J connectivity index is 2.44. The van der Waals surface area contributed by atoms with Crippen molar-refractivity contribution >= 4 is 23.0 Å². The molecule has 0 radical (unpaired) electrons. The van der Waals surface area contributed by atoms with Crippen LogP contribution in [0.4, 0.5) is 15.8 Å². The molecule has 2 nitrogen and oxygen atoms in total. The molecule has 2 aromatic carbocycles. The average molecular weight is 261 g/mol. The number of halogens is 2. The molecule has 0 amide bonds. The highest BCUT2D eigenvalue weighted by Crippen LogP contribution is 2.27. The molecule has 2 rings (SSSR count). The van der Waals surface area contributed by atoms with Crippen LogP contribution in [0.5, 0.6) is 0 Å². The quantitative estimate of drug-likeness (QED) is 0.869. The lowest BCUT2D eigenvalue weighted by Gasteiger charge is -2.10. The summed E-state index contributed by atoms with van der Waals surface area (Å²) in [6, 6.07) is 11.8. The van der Waals surface area contributed by atoms with Gasteiger partial charge in [-0.1, -0.05) is 23.7 Å². The van der Waals surface area contributed by atoms with E-state index in [9.17, 15) is 4.39 Å². The normalized spacial score (nSPS) is 9.89. The van der Waals surface area contributed by atoms with E-state index in [0.717, 1.165) is 5.56 Å². The van der Waals surface area contributed by atoms with Crippen molar-refractivity contribution in [3.8, 4) is 6.07 Å². The molecule has 0 saturated heterocycles. The van der Waals surface area contributed by atoms with Gasteiger partial charge in [-0.25, -0.2) is 4.39 Å². The topological polar surface area (TPSA) is 35.8 Å². The van der Waals surface area contributed by atoms with Crippen molar-refractivity contribution in [2.24, 2.45) is 0 Å². The summed E-state index contributed by atoms with van der Waals surface area (Å²) >= 11 is 5.91. The number of hydrogen-bond acceptors (Lipinski definition) is 2. The highest BCUT2D eigenvalue weighted by atomic mass is 35.5. The van der Waals surface area contributed by atoms with Gasteiger partial charge in [-0.3, -0.25) is 0 Å². The van der Waals surface area contributed by atoms with E-state index in [1.165, 1.54) is 6.07 Å². The number of benzene rings is 2. The van der Waals surface area contributed by atoms with E-state index in [4.69, 9.17) is 16.9 Å². The van der Waals surface area contributed by atoms with Gasteiger partial charge in [-0.2, -0.15) is 5.26 Å². The summed E-state index contributed by atoms with van der Waals surface area (Å²) in [5.41, 5.74) is 2.06. The number of hydrogen-bond donors (Lipinski definition) is 1. The first-order valence-corrected chi connectivity index (χ1v) is 5.71. The fourth-order valence-electron chi connectivity index (χ4n) is 1.62. The molecule has 18 heavy (non-hydrogen) atoms. The molecule has 0 fully saturated rings. The molecule has 0 aliphatic rings. The highest BCUT2D eigenvalue weighted by Gasteiger charge is 2.08. The Labute approximate surface area is 110 Å². The molecule has 0 bridgehead atoms. The van der Waals surface area contributed by atoms with Gasteiger partial charge >= 0.3 is 0 Å². The van der Waals surface area contributed by atoms with Gasteiger partial charge in [0.1, 0.15) is 11.9 Å². The van der Waals surface area contributed by atoms with E-state index in [0.29, 0.717) is 22.0 Å². The SMILES string of the molecule is Cc1ccc(F)c(Nc2cccc(Cl)c2C#N)c1. The first kappa shape index (κ1) is 12.4. The Hall–Kier alpha value is -2.05. The van der Waals surface area contributed by atoms with Crippen LogP contribution in [0.3, 0.4) is 0 Å². The zero-order chi connectivity index (χ0) is 13.1. The predicted molar refractivity (Wildman–Crippen MR) is 70.6 cm³/mol. The van der Waals surface area contributed by atoms with Crippen molar-refractivity contribution < 1.29 is 4.39 Å². The minimum Gasteiger partial charge on any atom is -0.352 e. The fraction of sp³-hybridized carbons (Fsp3) is 0.0714. The molecule has 4 heteroatoms. The van der Waals surface area contributed by atoms with E-state index >= 15 is 0 Å². The average Bonchev–Trinajstić information content (AvgIpc) is 2.34. The third-order valence-electron chi connectivity index (χ3n) is 2.52. The third-order valence-corrected chi connectivity index (χ3v) is 2.83. The highest BCUT2D eigenvalue weighted by molar-refractivity contribution is 6.32. The molecule has 0 unspecified atom stereocenters. The van der Waals surface area contributed by atoms with Crippen molar-refractivity contribution in [1.29, 1.82) is 5.26 Å². The maximum absolute atomic E-state index is 13.6. The summed E-state index contributed by atoms with van der Waals surface area (Å²) < 4.78 is 13.6. The van der Waals surface area contributed by atoms with Crippen LogP contribution in [0.2, 0.25) is 5.02 Å². The molecule has 2 aromatic rings. The Morgan fingerprint density at radius 3 is 2.72 bits per heavy atom. The Morgan fingerprint density at radius 2 is 2.00 bits per heavy atom. The van der Waals surface area contributed by atoms with Crippen LogP contribution in [0.1, 0.15) is 11.1 Å². The number of rotatable bonds is 2. The number of nitrogens with one attached hydrogen (secondary N) is 1. The lowest BCUT2D eigenvalue weighted by molar-refractivity contribution is 0.631. The summed E-state index contributed by atoms with van der Waals surface area (Å²) in [5.74, 6) is -0.371. The molecule has 0 spiro atoms. The maximum Gasteiger partial charge on any atom is 0.146 e. The van der Waals surface area contributed by atoms with Crippen LogP contribution in [-0.2, 0) is 0 Å². The first-order chi connectivity index (χ1) is 8.61. The van der Waals surface area contributed by atoms with Gasteiger partial charge in [0, 0.05) is 0 Å². The van der Waals surface area contributed by atoms with Gasteiger partial charge in [0.05, 0.1) is 22.0 Å². The van der Waals surface area contributed by atoms with Gasteiger partial charge in [0.15, 0.2) is 0 Å². The van der Waals surface area contributed by atoms with Crippen molar-refractivity contribution in [3.63, 3.8) is 0 Å². The molecular formula is C14H10ClFN2. The largest absolute Gasteiger partial charge is 0.352 e. The van der Waals surface area contributed by atoms with E-state index < -0.39 is 0 Å². The number of anilines is 2. The van der Waals surface area contributed by atoms with Gasteiger partial charge < -0.3 is 5.32 Å². The van der Waals surface area contributed by atoms with Gasteiger partial charge in [-0.05, 0) is 36.8 Å². The van der Waals surface area contributed by atoms with Crippen molar-refractivity contribution in [2.75, 3.05) is 5.32 Å². The minimum absolute atomic E-state index is 0.306. The number of nitrogens with zero attached hydrogens (tertiary/aromatic N) is 1. The summed E-state index contributed by atoms with van der Waals surface area (Å²) in [6.07, 6.45) is 0. The Kier molecular flexibility index (Phi) is 3.50. The van der Waals surface area contributed by atoms with Crippen molar-refractivity contribution in [1.82, 2.24) is 0 Å². The van der Waals surface area contributed by atoms with Crippen LogP contribution in [0.15, 0.2) is 36.4 Å². The van der Waals surface area contributed by atoms with E-state index in [1.807, 2.05) is 13.0 Å². The van der Waals surface area contributed by atoms with E-state index in [-0.39, 0.29) is 5.82 Å². The van der Waals surface area contributed by atoms with Crippen molar-refractivity contribution in [3.05, 3.63) is 58.4 Å². The van der Waals surface area contributed by atoms with Crippen LogP contribution < -0.4 is 5.32 Å². The minimum atomic E-state index is -0.371. The maximum atomic E-state index is 13.6. The number of nitriles is 1. The Morgan fingerprint density at radius 1 is 1.22 bits per heavy atom. The molecular weight excluding hydrogens is 251 g/mol. The Bertz CT molecular complexity index is 632. The van der Waals surface area contributed by atoms with E-state index in [2.05, 4.69) is 5.32 Å². The molecule has 90 valence electrons. The molecule has 0 saturated carbocycles. The van der Waals surface area contributed by atoms with Gasteiger partial charge in [-0.15, -0.1) is 0 Å². The summed E-state index contributed by atoms with van der Waals surface area (Å²) in [7, 11) is 0. The predicted octanol–water partition coefficient (Wildman–Crippen LogP) is 4.40. The zero-order valence-electron chi connectivity index (χ0n) is 9.67. The smallest absolute Gasteiger partial charge is 0.146 e. The summed E-state index contributed by atoms with van der Waals surface area (Å²) in [6.45, 7) is 1.87. The van der Waals surface area contributed by atoms with Gasteiger partial charge in [0.25, 0.3) is 0 Å². The second kappa shape index (κ2) is 5.07. The third kappa shape index (κ3) is 2.44. The van der Waals surface area contributed by atoms with Crippen molar-refractivity contribution in [2.45, 2.75) is 6.92 Å². The fourth-order valence-corrected chi connectivity index (χ4v) is 1.84. The molecule has 0 aliphatic heterocycles. The molecule has 0 atom stereocenters. The van der Waals surface area contributed by atoms with Crippen LogP contribution in [0.25, 0.3) is 0 Å². The van der Waals surface area contributed by atoms with Gasteiger partial charge in [0.2, 0.25) is 0 Å². The lowest BCUT2D eigenvalue weighted by atomic mass is 10.1.